The van der Waals surface area contributed by atoms with Crippen LogP contribution in [0.1, 0.15) is 24.4 Å². The van der Waals surface area contributed by atoms with Gasteiger partial charge in [0.1, 0.15) is 5.82 Å². The van der Waals surface area contributed by atoms with E-state index in [0.717, 1.165) is 0 Å². The average molecular weight is 278 g/mol. The zero-order valence-electron chi connectivity index (χ0n) is 12.0. The molecule has 1 aromatic rings. The van der Waals surface area contributed by atoms with Crippen LogP contribution in [0.4, 0.5) is 4.39 Å². The maximum atomic E-state index is 14.0. The van der Waals surface area contributed by atoms with Gasteiger partial charge in [0.05, 0.1) is 12.0 Å². The normalized spacial score (nSPS) is 22.8. The molecule has 2 amide bonds. The van der Waals surface area contributed by atoms with E-state index in [2.05, 4.69) is 0 Å². The molecule has 5 heteroatoms. The van der Waals surface area contributed by atoms with Gasteiger partial charge in [-0.1, -0.05) is 18.2 Å². The van der Waals surface area contributed by atoms with E-state index in [1.54, 1.807) is 39.3 Å². The summed E-state index contributed by atoms with van der Waals surface area (Å²) in [6, 6.07) is 5.80. The summed E-state index contributed by atoms with van der Waals surface area (Å²) >= 11 is 0. The highest BCUT2D eigenvalue weighted by Gasteiger charge is 2.40. The van der Waals surface area contributed by atoms with Crippen LogP contribution in [0.2, 0.25) is 0 Å². The van der Waals surface area contributed by atoms with E-state index in [9.17, 15) is 14.0 Å². The van der Waals surface area contributed by atoms with Crippen molar-refractivity contribution in [1.29, 1.82) is 0 Å². The number of piperidine rings is 1. The van der Waals surface area contributed by atoms with Gasteiger partial charge in [0, 0.05) is 33.1 Å². The predicted molar refractivity (Wildman–Crippen MR) is 73.3 cm³/mol. The summed E-state index contributed by atoms with van der Waals surface area (Å²) in [6.45, 7) is 0. The van der Waals surface area contributed by atoms with E-state index in [-0.39, 0.29) is 17.6 Å². The molecular weight excluding hydrogens is 259 g/mol. The fourth-order valence-corrected chi connectivity index (χ4v) is 2.77. The molecule has 0 saturated carbocycles. The van der Waals surface area contributed by atoms with Gasteiger partial charge in [0.15, 0.2) is 0 Å². The van der Waals surface area contributed by atoms with Crippen LogP contribution in [0.25, 0.3) is 0 Å². The Morgan fingerprint density at radius 1 is 1.35 bits per heavy atom. The Hall–Kier alpha value is -1.91. The van der Waals surface area contributed by atoms with Gasteiger partial charge in [-0.05, 0) is 12.5 Å². The van der Waals surface area contributed by atoms with Crippen molar-refractivity contribution in [3.8, 4) is 0 Å². The van der Waals surface area contributed by atoms with E-state index in [0.29, 0.717) is 18.4 Å². The molecule has 1 aliphatic rings. The maximum Gasteiger partial charge on any atom is 0.227 e. The molecule has 0 N–H and O–H groups in total. The largest absolute Gasteiger partial charge is 0.349 e. The summed E-state index contributed by atoms with van der Waals surface area (Å²) in [5, 5.41) is 0. The number of nitrogens with zero attached hydrogens (tertiary/aromatic N) is 2. The van der Waals surface area contributed by atoms with Crippen molar-refractivity contribution in [1.82, 2.24) is 9.80 Å². The number of benzene rings is 1. The molecule has 108 valence electrons. The Bertz CT molecular complexity index is 530. The molecule has 0 bridgehead atoms. The van der Waals surface area contributed by atoms with E-state index >= 15 is 0 Å². The Kier molecular flexibility index (Phi) is 4.06. The highest BCUT2D eigenvalue weighted by Crippen LogP contribution is 2.37. The van der Waals surface area contributed by atoms with Gasteiger partial charge in [-0.25, -0.2) is 4.39 Å². The lowest BCUT2D eigenvalue weighted by molar-refractivity contribution is -0.145. The van der Waals surface area contributed by atoms with Crippen LogP contribution in [-0.4, -0.2) is 42.8 Å². The average Bonchev–Trinajstić information content (AvgIpc) is 2.42. The molecule has 1 aromatic carbocycles. The second-order valence-electron chi connectivity index (χ2n) is 5.35. The number of hydrogen-bond donors (Lipinski definition) is 0. The fraction of sp³-hybridized carbons (Fsp3) is 0.467. The van der Waals surface area contributed by atoms with Crippen molar-refractivity contribution in [2.45, 2.75) is 18.9 Å². The van der Waals surface area contributed by atoms with Crippen molar-refractivity contribution in [3.05, 3.63) is 35.6 Å². The number of carbonyl (C=O) groups excluding carboxylic acids is 2. The van der Waals surface area contributed by atoms with Gasteiger partial charge in [0.25, 0.3) is 0 Å². The number of amides is 2. The van der Waals surface area contributed by atoms with Gasteiger partial charge in [-0.3, -0.25) is 9.59 Å². The van der Waals surface area contributed by atoms with Crippen molar-refractivity contribution >= 4 is 11.8 Å². The first-order chi connectivity index (χ1) is 9.43. The molecular formula is C15H19FN2O2. The van der Waals surface area contributed by atoms with Gasteiger partial charge in [0.2, 0.25) is 11.8 Å². The molecule has 2 rings (SSSR count). The topological polar surface area (TPSA) is 40.6 Å². The van der Waals surface area contributed by atoms with Gasteiger partial charge >= 0.3 is 0 Å². The standard InChI is InChI=1S/C15H19FN2O2/c1-17(2)15(20)11-8-9-13(19)18(3)14(11)10-6-4-5-7-12(10)16/h4-7,11,14H,8-9H2,1-3H3/t11-,14+/m1/s1. The lowest BCUT2D eigenvalue weighted by atomic mass is 9.83. The molecule has 0 spiro atoms. The van der Waals surface area contributed by atoms with E-state index in [4.69, 9.17) is 0 Å². The van der Waals surface area contributed by atoms with E-state index in [1.165, 1.54) is 15.9 Å². The van der Waals surface area contributed by atoms with Gasteiger partial charge in [-0.2, -0.15) is 0 Å². The SMILES string of the molecule is CN(C)C(=O)[C@@H]1CCC(=O)N(C)[C@H]1c1ccccc1F. The van der Waals surface area contributed by atoms with E-state index in [1.807, 2.05) is 0 Å². The Labute approximate surface area is 118 Å². The molecule has 1 saturated heterocycles. The number of rotatable bonds is 2. The molecule has 2 atom stereocenters. The predicted octanol–water partition coefficient (Wildman–Crippen LogP) is 1.82. The van der Waals surface area contributed by atoms with Crippen molar-refractivity contribution in [3.63, 3.8) is 0 Å². The first-order valence-corrected chi connectivity index (χ1v) is 6.64. The number of hydrogen-bond acceptors (Lipinski definition) is 2. The van der Waals surface area contributed by atoms with Crippen molar-refractivity contribution in [2.24, 2.45) is 5.92 Å². The molecule has 20 heavy (non-hydrogen) atoms. The molecule has 0 radical (unpaired) electrons. The van der Waals surface area contributed by atoms with Gasteiger partial charge < -0.3 is 9.80 Å². The maximum absolute atomic E-state index is 14.0. The molecule has 0 aromatic heterocycles. The van der Waals surface area contributed by atoms with Crippen molar-refractivity contribution in [2.75, 3.05) is 21.1 Å². The van der Waals surface area contributed by atoms with Crippen LogP contribution in [0.15, 0.2) is 24.3 Å². The Morgan fingerprint density at radius 2 is 2.00 bits per heavy atom. The van der Waals surface area contributed by atoms with Crippen LogP contribution >= 0.6 is 0 Å². The van der Waals surface area contributed by atoms with Crippen LogP contribution in [0.3, 0.4) is 0 Å². The quantitative estimate of drug-likeness (QED) is 0.828. The van der Waals surface area contributed by atoms with Crippen LogP contribution in [0.5, 0.6) is 0 Å². The number of likely N-dealkylation sites (tertiary alicyclic amines) is 1. The zero-order valence-corrected chi connectivity index (χ0v) is 12.0. The summed E-state index contributed by atoms with van der Waals surface area (Å²) < 4.78 is 14.0. The minimum absolute atomic E-state index is 0.0546. The summed E-state index contributed by atoms with van der Waals surface area (Å²) in [5.74, 6) is -0.904. The highest BCUT2D eigenvalue weighted by atomic mass is 19.1. The summed E-state index contributed by atoms with van der Waals surface area (Å²) in [7, 11) is 4.99. The third-order valence-corrected chi connectivity index (χ3v) is 3.84. The lowest BCUT2D eigenvalue weighted by Crippen LogP contribution is -2.46. The fourth-order valence-electron chi connectivity index (χ4n) is 2.77. The summed E-state index contributed by atoms with van der Waals surface area (Å²) in [5.41, 5.74) is 0.406. The van der Waals surface area contributed by atoms with Crippen LogP contribution in [-0.2, 0) is 9.59 Å². The van der Waals surface area contributed by atoms with Crippen molar-refractivity contribution < 1.29 is 14.0 Å². The third-order valence-electron chi connectivity index (χ3n) is 3.84. The molecule has 0 aliphatic carbocycles. The Balaban J connectivity index is 2.44. The zero-order chi connectivity index (χ0) is 14.9. The molecule has 1 heterocycles. The third kappa shape index (κ3) is 2.53. The molecule has 1 aliphatic heterocycles. The van der Waals surface area contributed by atoms with Gasteiger partial charge in [-0.15, -0.1) is 0 Å². The molecule has 4 nitrogen and oxygen atoms in total. The van der Waals surface area contributed by atoms with Crippen LogP contribution in [0, 0.1) is 11.7 Å². The molecule has 1 fully saturated rings. The second kappa shape index (κ2) is 5.61. The smallest absolute Gasteiger partial charge is 0.227 e. The highest BCUT2D eigenvalue weighted by molar-refractivity contribution is 5.84. The minimum Gasteiger partial charge on any atom is -0.349 e. The first-order valence-electron chi connectivity index (χ1n) is 6.64. The first kappa shape index (κ1) is 14.5. The molecule has 0 unspecified atom stereocenters. The summed E-state index contributed by atoms with van der Waals surface area (Å²) in [4.78, 5) is 27.2. The lowest BCUT2D eigenvalue weighted by Gasteiger charge is -2.39. The minimum atomic E-state index is -0.535. The second-order valence-corrected chi connectivity index (χ2v) is 5.35. The Morgan fingerprint density at radius 3 is 2.60 bits per heavy atom. The van der Waals surface area contributed by atoms with Crippen LogP contribution < -0.4 is 0 Å². The van der Waals surface area contributed by atoms with E-state index < -0.39 is 12.0 Å². The number of halogens is 1. The number of carbonyl (C=O) groups is 2. The monoisotopic (exact) mass is 278 g/mol. The summed E-state index contributed by atoms with van der Waals surface area (Å²) in [6.07, 6.45) is 0.783.